The number of sulfonamides is 1. The molecule has 0 aliphatic carbocycles. The maximum Gasteiger partial charge on any atom is 0.264 e. The molecule has 0 aliphatic heterocycles. The van der Waals surface area contributed by atoms with Crippen LogP contribution in [0.25, 0.3) is 0 Å². The fraction of sp³-hybridized carbons (Fsp3) is 0.0769. The van der Waals surface area contributed by atoms with Gasteiger partial charge in [-0.05, 0) is 24.3 Å². The summed E-state index contributed by atoms with van der Waals surface area (Å²) in [7, 11) is -3.10. The van der Waals surface area contributed by atoms with Crippen LogP contribution in [-0.4, -0.2) is 15.5 Å². The Balaban J connectivity index is 2.57. The van der Waals surface area contributed by atoms with Gasteiger partial charge >= 0.3 is 0 Å². The Morgan fingerprint density at radius 2 is 1.64 bits per heavy atom. The lowest BCUT2D eigenvalue weighted by Crippen LogP contribution is -2.27. The molecule has 0 heterocycles. The summed E-state index contributed by atoms with van der Waals surface area (Å²) in [5.41, 5.74) is 5.13. The van der Waals surface area contributed by atoms with Crippen LogP contribution in [-0.2, 0) is 10.0 Å². The van der Waals surface area contributed by atoms with Crippen molar-refractivity contribution in [2.24, 2.45) is 0 Å². The van der Waals surface area contributed by atoms with E-state index in [0.29, 0.717) is 4.31 Å². The van der Waals surface area contributed by atoms with Crippen molar-refractivity contribution in [1.29, 1.82) is 0 Å². The molecule has 118 valence electrons. The van der Waals surface area contributed by atoms with Crippen molar-refractivity contribution in [3.05, 3.63) is 52.0 Å². The van der Waals surface area contributed by atoms with Gasteiger partial charge in [0.05, 0.1) is 26.3 Å². The maximum absolute atomic E-state index is 13.7. The summed E-state index contributed by atoms with van der Waals surface area (Å²) in [6.45, 7) is 0. The Bertz CT molecular complexity index is 821. The van der Waals surface area contributed by atoms with Crippen molar-refractivity contribution < 1.29 is 17.2 Å². The molecular weight excluding hydrogens is 357 g/mol. The number of rotatable bonds is 3. The lowest BCUT2D eigenvalue weighted by Gasteiger charge is -2.20. The van der Waals surface area contributed by atoms with E-state index in [-0.39, 0.29) is 20.6 Å². The molecule has 0 bridgehead atoms. The van der Waals surface area contributed by atoms with Crippen LogP contribution in [0.3, 0.4) is 0 Å². The molecular formula is C13H10Cl2F2N2O2S. The average molecular weight is 367 g/mol. The first-order valence-electron chi connectivity index (χ1n) is 5.83. The summed E-state index contributed by atoms with van der Waals surface area (Å²) < 4.78 is 52.6. The Morgan fingerprint density at radius 3 is 2.18 bits per heavy atom. The number of anilines is 2. The molecule has 0 atom stereocenters. The predicted molar refractivity (Wildman–Crippen MR) is 82.8 cm³/mol. The van der Waals surface area contributed by atoms with Gasteiger partial charge in [0.2, 0.25) is 0 Å². The molecule has 0 saturated carbocycles. The molecule has 2 aromatic carbocycles. The number of hydrogen-bond donors (Lipinski definition) is 1. The largest absolute Gasteiger partial charge is 0.396 e. The van der Waals surface area contributed by atoms with Gasteiger partial charge in [0.1, 0.15) is 11.6 Å². The van der Waals surface area contributed by atoms with E-state index in [2.05, 4.69) is 0 Å². The van der Waals surface area contributed by atoms with Gasteiger partial charge in [-0.15, -0.1) is 0 Å². The number of hydrogen-bond acceptors (Lipinski definition) is 3. The minimum Gasteiger partial charge on any atom is -0.396 e. The van der Waals surface area contributed by atoms with Crippen molar-refractivity contribution in [2.45, 2.75) is 4.90 Å². The van der Waals surface area contributed by atoms with E-state index in [0.717, 1.165) is 37.4 Å². The van der Waals surface area contributed by atoms with Crippen molar-refractivity contribution in [3.63, 3.8) is 0 Å². The van der Waals surface area contributed by atoms with Crippen molar-refractivity contribution >= 4 is 44.6 Å². The summed E-state index contributed by atoms with van der Waals surface area (Å²) in [6.07, 6.45) is 0. The predicted octanol–water partition coefficient (Wildman–Crippen LogP) is 3.68. The number of benzene rings is 2. The van der Waals surface area contributed by atoms with Crippen LogP contribution in [0.15, 0.2) is 35.2 Å². The van der Waals surface area contributed by atoms with E-state index in [1.807, 2.05) is 0 Å². The second-order valence-corrected chi connectivity index (χ2v) is 7.15. The van der Waals surface area contributed by atoms with Gasteiger partial charge in [-0.1, -0.05) is 23.2 Å². The molecule has 0 fully saturated rings. The first-order chi connectivity index (χ1) is 10.1. The molecule has 0 unspecified atom stereocenters. The van der Waals surface area contributed by atoms with Gasteiger partial charge in [0.25, 0.3) is 10.0 Å². The third-order valence-corrected chi connectivity index (χ3v) is 5.33. The van der Waals surface area contributed by atoms with Crippen LogP contribution in [0.1, 0.15) is 0 Å². The Hall–Kier alpha value is -1.57. The van der Waals surface area contributed by atoms with E-state index in [1.165, 1.54) is 0 Å². The third-order valence-electron chi connectivity index (χ3n) is 2.96. The molecule has 0 aromatic heterocycles. The molecule has 0 aliphatic rings. The highest BCUT2D eigenvalue weighted by Gasteiger charge is 2.25. The zero-order valence-corrected chi connectivity index (χ0v) is 13.5. The number of halogens is 4. The summed E-state index contributed by atoms with van der Waals surface area (Å²) in [5, 5.41) is -0.113. The first-order valence-corrected chi connectivity index (χ1v) is 8.02. The van der Waals surface area contributed by atoms with Gasteiger partial charge in [-0.25, -0.2) is 17.2 Å². The molecule has 0 spiro atoms. The number of nitrogens with two attached hydrogens (primary N) is 1. The van der Waals surface area contributed by atoms with Gasteiger partial charge in [-0.2, -0.15) is 0 Å². The number of nitrogens with zero attached hydrogens (tertiary/aromatic N) is 1. The van der Waals surface area contributed by atoms with Crippen molar-refractivity contribution in [1.82, 2.24) is 0 Å². The van der Waals surface area contributed by atoms with E-state index in [4.69, 9.17) is 28.9 Å². The van der Waals surface area contributed by atoms with E-state index in [9.17, 15) is 17.2 Å². The summed E-state index contributed by atoms with van der Waals surface area (Å²) in [5.74, 6) is -1.66. The fourth-order valence-electron chi connectivity index (χ4n) is 1.72. The molecule has 0 saturated heterocycles. The highest BCUT2D eigenvalue weighted by atomic mass is 35.5. The molecule has 22 heavy (non-hydrogen) atoms. The highest BCUT2D eigenvalue weighted by molar-refractivity contribution is 7.92. The van der Waals surface area contributed by atoms with E-state index >= 15 is 0 Å². The first kappa shape index (κ1) is 16.8. The standard InChI is InChI=1S/C13H10Cl2F2N2O2S/c1-19(12-4-7(16)2-3-11(12)17)22(20,21)8-5-9(14)13(18)10(15)6-8/h2-6H,18H2,1H3. The summed E-state index contributed by atoms with van der Waals surface area (Å²) in [6, 6.07) is 4.67. The zero-order valence-electron chi connectivity index (χ0n) is 11.1. The van der Waals surface area contributed by atoms with Crippen LogP contribution < -0.4 is 10.0 Å². The molecule has 2 rings (SSSR count). The van der Waals surface area contributed by atoms with Crippen LogP contribution in [0, 0.1) is 11.6 Å². The van der Waals surface area contributed by atoms with Crippen molar-refractivity contribution in [2.75, 3.05) is 17.1 Å². The average Bonchev–Trinajstić information content (AvgIpc) is 2.45. The van der Waals surface area contributed by atoms with Gasteiger partial charge in [0, 0.05) is 13.1 Å². The quantitative estimate of drug-likeness (QED) is 0.842. The van der Waals surface area contributed by atoms with Crippen LogP contribution in [0.2, 0.25) is 10.0 Å². The molecule has 2 aromatic rings. The molecule has 0 radical (unpaired) electrons. The van der Waals surface area contributed by atoms with Gasteiger partial charge in [0.15, 0.2) is 0 Å². The Kier molecular flexibility index (Phi) is 4.51. The minimum atomic E-state index is -4.19. The zero-order chi connectivity index (χ0) is 16.7. The van der Waals surface area contributed by atoms with Crippen LogP contribution >= 0.6 is 23.2 Å². The highest BCUT2D eigenvalue weighted by Crippen LogP contribution is 2.33. The lowest BCUT2D eigenvalue weighted by atomic mass is 10.3. The Labute approximate surface area is 136 Å². The molecule has 2 N–H and O–H groups in total. The Morgan fingerprint density at radius 1 is 1.09 bits per heavy atom. The minimum absolute atomic E-state index is 0.0295. The molecule has 0 amide bonds. The normalized spacial score (nSPS) is 11.5. The SMILES string of the molecule is CN(c1cc(F)ccc1F)S(=O)(=O)c1cc(Cl)c(N)c(Cl)c1. The molecule has 4 nitrogen and oxygen atoms in total. The summed E-state index contributed by atoms with van der Waals surface area (Å²) >= 11 is 11.6. The fourth-order valence-corrected chi connectivity index (χ4v) is 3.59. The van der Waals surface area contributed by atoms with E-state index < -0.39 is 27.3 Å². The van der Waals surface area contributed by atoms with Gasteiger partial charge in [-0.3, -0.25) is 4.31 Å². The molecule has 9 heteroatoms. The van der Waals surface area contributed by atoms with Crippen molar-refractivity contribution in [3.8, 4) is 0 Å². The number of nitrogen functional groups attached to an aromatic ring is 1. The van der Waals surface area contributed by atoms with Crippen LogP contribution in [0.4, 0.5) is 20.2 Å². The van der Waals surface area contributed by atoms with E-state index in [1.54, 1.807) is 0 Å². The maximum atomic E-state index is 13.7. The smallest absolute Gasteiger partial charge is 0.264 e. The van der Waals surface area contributed by atoms with Crippen LogP contribution in [0.5, 0.6) is 0 Å². The third kappa shape index (κ3) is 2.97. The second kappa shape index (κ2) is 5.91. The second-order valence-electron chi connectivity index (χ2n) is 4.37. The summed E-state index contributed by atoms with van der Waals surface area (Å²) in [4.78, 5) is -0.289. The lowest BCUT2D eigenvalue weighted by molar-refractivity contribution is 0.585. The monoisotopic (exact) mass is 366 g/mol. The topological polar surface area (TPSA) is 63.4 Å². The van der Waals surface area contributed by atoms with Gasteiger partial charge < -0.3 is 5.73 Å².